The summed E-state index contributed by atoms with van der Waals surface area (Å²) in [7, 11) is 5.29. The van der Waals surface area contributed by atoms with E-state index in [-0.39, 0.29) is 12.0 Å². The fourth-order valence-corrected chi connectivity index (χ4v) is 2.31. The van der Waals surface area contributed by atoms with Gasteiger partial charge in [-0.3, -0.25) is 4.79 Å². The van der Waals surface area contributed by atoms with Crippen molar-refractivity contribution in [1.29, 1.82) is 0 Å². The van der Waals surface area contributed by atoms with Gasteiger partial charge in [0.1, 0.15) is 0 Å². The Balaban J connectivity index is 1.97. The van der Waals surface area contributed by atoms with E-state index < -0.39 is 0 Å². The zero-order valence-corrected chi connectivity index (χ0v) is 12.7. The molecule has 0 atom stereocenters. The largest absolute Gasteiger partial charge is 0.453 e. The lowest BCUT2D eigenvalue weighted by Crippen LogP contribution is -2.50. The fraction of sp³-hybridized carbons (Fsp3) is 0.467. The lowest BCUT2D eigenvalue weighted by Gasteiger charge is -2.33. The van der Waals surface area contributed by atoms with E-state index in [1.807, 2.05) is 43.3 Å². The molecule has 1 aliphatic rings. The average molecular weight is 291 g/mol. The number of hydrogen-bond acceptors (Lipinski definition) is 4. The Hall–Kier alpha value is -2.24. The van der Waals surface area contributed by atoms with Gasteiger partial charge in [0.05, 0.1) is 7.11 Å². The van der Waals surface area contributed by atoms with Crippen LogP contribution in [0.4, 0.5) is 10.5 Å². The van der Waals surface area contributed by atoms with Gasteiger partial charge in [0.15, 0.2) is 0 Å². The molecule has 2 amide bonds. The van der Waals surface area contributed by atoms with Gasteiger partial charge < -0.3 is 19.4 Å². The van der Waals surface area contributed by atoms with Crippen molar-refractivity contribution < 1.29 is 14.3 Å². The Labute approximate surface area is 124 Å². The molecule has 0 unspecified atom stereocenters. The zero-order chi connectivity index (χ0) is 15.4. The Morgan fingerprint density at radius 2 is 1.52 bits per heavy atom. The molecule has 2 rings (SSSR count). The van der Waals surface area contributed by atoms with Gasteiger partial charge in [-0.15, -0.1) is 0 Å². The summed E-state index contributed by atoms with van der Waals surface area (Å²) in [5, 5.41) is 0. The zero-order valence-electron chi connectivity index (χ0n) is 12.7. The summed E-state index contributed by atoms with van der Waals surface area (Å²) in [5.74, 6) is 0.00446. The van der Waals surface area contributed by atoms with E-state index in [0.717, 1.165) is 5.69 Å². The number of piperazine rings is 1. The second-order valence-corrected chi connectivity index (χ2v) is 5.19. The summed E-state index contributed by atoms with van der Waals surface area (Å²) >= 11 is 0. The number of hydrogen-bond donors (Lipinski definition) is 0. The number of methoxy groups -OCH3 is 1. The maximum Gasteiger partial charge on any atom is 0.409 e. The third-order valence-electron chi connectivity index (χ3n) is 3.63. The van der Waals surface area contributed by atoms with Crippen molar-refractivity contribution in [3.63, 3.8) is 0 Å². The molecule has 21 heavy (non-hydrogen) atoms. The lowest BCUT2D eigenvalue weighted by molar-refractivity contribution is 0.0599. The highest BCUT2D eigenvalue weighted by molar-refractivity contribution is 5.94. The number of carbonyl (C=O) groups is 2. The average Bonchev–Trinajstić information content (AvgIpc) is 2.53. The van der Waals surface area contributed by atoms with E-state index in [2.05, 4.69) is 4.74 Å². The molecule has 1 saturated heterocycles. The van der Waals surface area contributed by atoms with Gasteiger partial charge in [0.25, 0.3) is 5.91 Å². The number of rotatable bonds is 2. The van der Waals surface area contributed by atoms with Crippen molar-refractivity contribution in [1.82, 2.24) is 9.80 Å². The minimum atomic E-state index is -0.336. The van der Waals surface area contributed by atoms with E-state index in [4.69, 9.17) is 0 Å². The molecule has 1 aromatic rings. The standard InChI is InChI=1S/C15H21N3O3/c1-16(2)13-6-4-12(5-7-13)14(19)17-8-10-18(11-9-17)15(20)21-3/h4-7H,8-11H2,1-3H3. The van der Waals surface area contributed by atoms with Crippen molar-refractivity contribution in [2.75, 3.05) is 52.3 Å². The monoisotopic (exact) mass is 291 g/mol. The minimum Gasteiger partial charge on any atom is -0.453 e. The van der Waals surface area contributed by atoms with Crippen molar-refractivity contribution >= 4 is 17.7 Å². The summed E-state index contributed by atoms with van der Waals surface area (Å²) in [4.78, 5) is 29.2. The third-order valence-corrected chi connectivity index (χ3v) is 3.63. The number of ether oxygens (including phenoxy) is 1. The maximum absolute atomic E-state index is 12.4. The van der Waals surface area contributed by atoms with Gasteiger partial charge >= 0.3 is 6.09 Å². The highest BCUT2D eigenvalue weighted by Crippen LogP contribution is 2.15. The summed E-state index contributed by atoms with van der Waals surface area (Å²) in [6.07, 6.45) is -0.336. The molecule has 0 spiro atoms. The fourth-order valence-electron chi connectivity index (χ4n) is 2.31. The number of anilines is 1. The summed E-state index contributed by atoms with van der Waals surface area (Å²) in [6, 6.07) is 7.53. The topological polar surface area (TPSA) is 53.1 Å². The van der Waals surface area contributed by atoms with Crippen LogP contribution in [0.15, 0.2) is 24.3 Å². The first kappa shape index (κ1) is 15.2. The SMILES string of the molecule is COC(=O)N1CCN(C(=O)c2ccc(N(C)C)cc2)CC1. The smallest absolute Gasteiger partial charge is 0.409 e. The van der Waals surface area contributed by atoms with Crippen LogP contribution in [0, 0.1) is 0 Å². The Kier molecular flexibility index (Phi) is 4.67. The molecular weight excluding hydrogens is 270 g/mol. The van der Waals surface area contributed by atoms with E-state index in [9.17, 15) is 9.59 Å². The van der Waals surface area contributed by atoms with Gasteiger partial charge in [-0.25, -0.2) is 4.79 Å². The predicted molar refractivity (Wildman–Crippen MR) is 80.7 cm³/mol. The van der Waals surface area contributed by atoms with Crippen LogP contribution in [-0.4, -0.2) is 69.2 Å². The number of benzene rings is 1. The summed E-state index contributed by atoms with van der Waals surface area (Å²) < 4.78 is 4.68. The van der Waals surface area contributed by atoms with E-state index >= 15 is 0 Å². The molecule has 1 aliphatic heterocycles. The van der Waals surface area contributed by atoms with E-state index in [0.29, 0.717) is 31.7 Å². The molecule has 0 aliphatic carbocycles. The molecule has 1 aromatic carbocycles. The Morgan fingerprint density at radius 3 is 2.00 bits per heavy atom. The molecule has 0 N–H and O–H groups in total. The van der Waals surface area contributed by atoms with Crippen LogP contribution in [0.25, 0.3) is 0 Å². The minimum absolute atomic E-state index is 0.00446. The number of carbonyl (C=O) groups excluding carboxylic acids is 2. The van der Waals surface area contributed by atoms with Crippen LogP contribution in [0.3, 0.4) is 0 Å². The van der Waals surface area contributed by atoms with Crippen molar-refractivity contribution in [3.8, 4) is 0 Å². The van der Waals surface area contributed by atoms with Crippen molar-refractivity contribution in [2.45, 2.75) is 0 Å². The van der Waals surface area contributed by atoms with Crippen LogP contribution in [0.5, 0.6) is 0 Å². The first-order valence-electron chi connectivity index (χ1n) is 6.92. The Morgan fingerprint density at radius 1 is 1.00 bits per heavy atom. The quantitative estimate of drug-likeness (QED) is 0.823. The first-order chi connectivity index (χ1) is 10.0. The van der Waals surface area contributed by atoms with Crippen LogP contribution in [-0.2, 0) is 4.74 Å². The summed E-state index contributed by atoms with van der Waals surface area (Å²) in [6.45, 7) is 2.08. The normalized spacial score (nSPS) is 14.8. The van der Waals surface area contributed by atoms with Crippen LogP contribution in [0.1, 0.15) is 10.4 Å². The van der Waals surface area contributed by atoms with Crippen LogP contribution >= 0.6 is 0 Å². The van der Waals surface area contributed by atoms with Gasteiger partial charge in [0.2, 0.25) is 0 Å². The molecule has 6 nitrogen and oxygen atoms in total. The number of nitrogens with zero attached hydrogens (tertiary/aromatic N) is 3. The van der Waals surface area contributed by atoms with Crippen LogP contribution in [0.2, 0.25) is 0 Å². The highest BCUT2D eigenvalue weighted by Gasteiger charge is 2.25. The molecule has 6 heteroatoms. The second kappa shape index (κ2) is 6.47. The molecule has 0 bridgehead atoms. The molecule has 1 heterocycles. The second-order valence-electron chi connectivity index (χ2n) is 5.19. The van der Waals surface area contributed by atoms with E-state index in [1.165, 1.54) is 7.11 Å². The molecule has 1 fully saturated rings. The molecular formula is C15H21N3O3. The van der Waals surface area contributed by atoms with Crippen molar-refractivity contribution in [3.05, 3.63) is 29.8 Å². The molecule has 114 valence electrons. The molecule has 0 radical (unpaired) electrons. The lowest BCUT2D eigenvalue weighted by atomic mass is 10.1. The van der Waals surface area contributed by atoms with Gasteiger partial charge in [-0.1, -0.05) is 0 Å². The molecule has 0 aromatic heterocycles. The van der Waals surface area contributed by atoms with E-state index in [1.54, 1.807) is 9.80 Å². The Bertz CT molecular complexity index is 505. The highest BCUT2D eigenvalue weighted by atomic mass is 16.5. The number of amides is 2. The summed E-state index contributed by atoms with van der Waals surface area (Å²) in [5.41, 5.74) is 1.73. The van der Waals surface area contributed by atoms with Crippen molar-refractivity contribution in [2.24, 2.45) is 0 Å². The molecule has 0 saturated carbocycles. The first-order valence-corrected chi connectivity index (χ1v) is 6.92. The van der Waals surface area contributed by atoms with Gasteiger partial charge in [-0.05, 0) is 24.3 Å². The van der Waals surface area contributed by atoms with Gasteiger partial charge in [0, 0.05) is 51.5 Å². The van der Waals surface area contributed by atoms with Crippen LogP contribution < -0.4 is 4.90 Å². The van der Waals surface area contributed by atoms with Gasteiger partial charge in [-0.2, -0.15) is 0 Å². The third kappa shape index (κ3) is 3.45. The maximum atomic E-state index is 12.4. The predicted octanol–water partition coefficient (Wildman–Crippen LogP) is 1.28.